The molecule has 0 aromatic carbocycles. The number of piperazine rings is 1. The van der Waals surface area contributed by atoms with E-state index in [0.29, 0.717) is 29.2 Å². The second kappa shape index (κ2) is 7.58. The van der Waals surface area contributed by atoms with Gasteiger partial charge in [0.25, 0.3) is 0 Å². The first-order chi connectivity index (χ1) is 15.7. The lowest BCUT2D eigenvalue weighted by molar-refractivity contribution is -0.00852. The number of fused-ring (bicyclic) bond motifs is 3. The van der Waals surface area contributed by atoms with Crippen LogP contribution in [0.2, 0.25) is 0 Å². The minimum Gasteiger partial charge on any atom is -0.481 e. The third-order valence-corrected chi connectivity index (χ3v) is 7.43. The van der Waals surface area contributed by atoms with E-state index in [4.69, 9.17) is 4.74 Å². The minimum atomic E-state index is 0.521. The summed E-state index contributed by atoms with van der Waals surface area (Å²) in [5.74, 6) is 0.647. The first-order valence-electron chi connectivity index (χ1n) is 10.6. The summed E-state index contributed by atoms with van der Waals surface area (Å²) in [5, 5.41) is 15.3. The van der Waals surface area contributed by atoms with Crippen molar-refractivity contribution in [3.8, 4) is 22.5 Å². The van der Waals surface area contributed by atoms with Gasteiger partial charge in [-0.25, -0.2) is 14.5 Å². The van der Waals surface area contributed by atoms with Crippen LogP contribution in [0.4, 0.5) is 5.13 Å². The van der Waals surface area contributed by atoms with Crippen molar-refractivity contribution >= 4 is 22.0 Å². The Kier molecular flexibility index (Phi) is 4.56. The second-order valence-electron chi connectivity index (χ2n) is 8.20. The third-order valence-electron chi connectivity index (χ3n) is 6.37. The summed E-state index contributed by atoms with van der Waals surface area (Å²) in [6, 6.07) is 13.1. The molecule has 3 aliphatic rings. The molecule has 0 saturated carbocycles. The van der Waals surface area contributed by atoms with Crippen molar-refractivity contribution in [1.82, 2.24) is 24.5 Å². The van der Waals surface area contributed by atoms with Crippen LogP contribution in [0.3, 0.4) is 0 Å². The molecule has 7 rings (SSSR count). The molecule has 4 aromatic heterocycles. The maximum absolute atomic E-state index is 9.70. The highest BCUT2D eigenvalue weighted by Crippen LogP contribution is 2.39. The number of methoxy groups -OCH3 is 1. The van der Waals surface area contributed by atoms with E-state index in [1.807, 2.05) is 42.9 Å². The molecule has 3 fully saturated rings. The zero-order chi connectivity index (χ0) is 21.7. The van der Waals surface area contributed by atoms with Crippen LogP contribution < -0.4 is 9.64 Å². The Hall–Kier alpha value is -3.48. The van der Waals surface area contributed by atoms with Crippen LogP contribution in [0.25, 0.3) is 16.1 Å². The van der Waals surface area contributed by atoms with Gasteiger partial charge in [-0.05, 0) is 24.1 Å². The van der Waals surface area contributed by atoms with Crippen molar-refractivity contribution in [3.63, 3.8) is 0 Å². The molecule has 2 atom stereocenters. The van der Waals surface area contributed by atoms with Gasteiger partial charge in [-0.3, -0.25) is 4.90 Å². The fourth-order valence-corrected chi connectivity index (χ4v) is 5.66. The summed E-state index contributed by atoms with van der Waals surface area (Å²) >= 11 is 1.61. The highest BCUT2D eigenvalue weighted by Gasteiger charge is 2.45. The topological polar surface area (TPSA) is 82.6 Å². The maximum Gasteiger partial charge on any atom is 0.212 e. The summed E-state index contributed by atoms with van der Waals surface area (Å²) in [6.07, 6.45) is 6.85. The van der Waals surface area contributed by atoms with E-state index in [-0.39, 0.29) is 0 Å². The van der Waals surface area contributed by atoms with Crippen molar-refractivity contribution < 1.29 is 4.74 Å². The number of pyridine rings is 2. The molecule has 8 nitrogen and oxygen atoms in total. The number of hydrogen-bond acceptors (Lipinski definition) is 8. The zero-order valence-corrected chi connectivity index (χ0v) is 18.4. The molecule has 9 heteroatoms. The van der Waals surface area contributed by atoms with Gasteiger partial charge in [-0.15, -0.1) is 0 Å². The monoisotopic (exact) mass is 443 g/mol. The van der Waals surface area contributed by atoms with Gasteiger partial charge in [-0.2, -0.15) is 10.4 Å². The number of aromatic nitrogens is 4. The second-order valence-corrected chi connectivity index (χ2v) is 9.21. The molecular formula is C23H21N7OS. The lowest BCUT2D eigenvalue weighted by atomic mass is 9.87. The molecule has 0 N–H and O–H groups in total. The van der Waals surface area contributed by atoms with E-state index in [2.05, 4.69) is 37.0 Å². The molecule has 4 aromatic rings. The van der Waals surface area contributed by atoms with Gasteiger partial charge in [0.15, 0.2) is 5.13 Å². The van der Waals surface area contributed by atoms with Gasteiger partial charge in [0.05, 0.1) is 17.5 Å². The molecule has 0 amide bonds. The molecule has 0 spiro atoms. The quantitative estimate of drug-likeness (QED) is 0.468. The molecule has 0 aliphatic carbocycles. The van der Waals surface area contributed by atoms with Crippen molar-refractivity contribution in [3.05, 3.63) is 60.0 Å². The molecular weight excluding hydrogens is 422 g/mol. The Morgan fingerprint density at radius 2 is 2.03 bits per heavy atom. The number of hydrogen-bond donors (Lipinski definition) is 0. The summed E-state index contributed by atoms with van der Waals surface area (Å²) in [4.78, 5) is 14.9. The summed E-state index contributed by atoms with van der Waals surface area (Å²) < 4.78 is 6.92. The Bertz CT molecular complexity index is 1310. The number of nitrogens with zero attached hydrogens (tertiary/aromatic N) is 7. The Labute approximate surface area is 189 Å². The third kappa shape index (κ3) is 3.11. The number of anilines is 1. The molecule has 3 aliphatic heterocycles. The Morgan fingerprint density at radius 3 is 2.78 bits per heavy atom. The smallest absolute Gasteiger partial charge is 0.212 e. The van der Waals surface area contributed by atoms with Gasteiger partial charge < -0.3 is 9.64 Å². The van der Waals surface area contributed by atoms with Crippen LogP contribution in [0.15, 0.2) is 48.9 Å². The maximum atomic E-state index is 9.70. The Morgan fingerprint density at radius 1 is 1.16 bits per heavy atom. The van der Waals surface area contributed by atoms with Gasteiger partial charge >= 0.3 is 0 Å². The predicted octanol–water partition coefficient (Wildman–Crippen LogP) is 3.20. The number of thiazole rings is 1. The van der Waals surface area contributed by atoms with Crippen LogP contribution >= 0.6 is 11.3 Å². The van der Waals surface area contributed by atoms with Crippen molar-refractivity contribution in [1.29, 1.82) is 5.26 Å². The van der Waals surface area contributed by atoms with Crippen molar-refractivity contribution in [2.45, 2.75) is 25.0 Å². The SMILES string of the molecule is COc1ccc(CN2C3CC2CN(c2ncc(-c4nn5ccccc5c4C#N)s2)C3)cn1. The minimum absolute atomic E-state index is 0.521. The normalized spacial score (nSPS) is 20.2. The van der Waals surface area contributed by atoms with Crippen molar-refractivity contribution in [2.24, 2.45) is 0 Å². The van der Waals surface area contributed by atoms with Gasteiger partial charge in [-0.1, -0.05) is 23.5 Å². The molecule has 160 valence electrons. The van der Waals surface area contributed by atoms with Crippen LogP contribution in [-0.4, -0.2) is 56.8 Å². The molecule has 32 heavy (non-hydrogen) atoms. The van der Waals surface area contributed by atoms with E-state index < -0.39 is 0 Å². The predicted molar refractivity (Wildman–Crippen MR) is 122 cm³/mol. The van der Waals surface area contributed by atoms with Crippen LogP contribution in [0, 0.1) is 11.3 Å². The lowest BCUT2D eigenvalue weighted by Crippen LogP contribution is -2.68. The number of ether oxygens (including phenoxy) is 1. The van der Waals surface area contributed by atoms with E-state index in [1.165, 1.54) is 12.0 Å². The zero-order valence-electron chi connectivity index (χ0n) is 17.5. The summed E-state index contributed by atoms with van der Waals surface area (Å²) in [6.45, 7) is 2.84. The first-order valence-corrected chi connectivity index (χ1v) is 11.4. The van der Waals surface area contributed by atoms with Gasteiger partial charge in [0, 0.05) is 56.4 Å². The average Bonchev–Trinajstić information content (AvgIpc) is 3.47. The molecule has 2 unspecified atom stereocenters. The fraction of sp³-hybridized carbons (Fsp3) is 0.304. The Balaban J connectivity index is 1.18. The molecule has 7 heterocycles. The van der Waals surface area contributed by atoms with Crippen LogP contribution in [-0.2, 0) is 6.54 Å². The number of rotatable bonds is 5. The van der Waals surface area contributed by atoms with E-state index in [1.54, 1.807) is 23.0 Å². The highest BCUT2D eigenvalue weighted by molar-refractivity contribution is 7.18. The van der Waals surface area contributed by atoms with Gasteiger partial charge in [0.2, 0.25) is 5.88 Å². The summed E-state index contributed by atoms with van der Waals surface area (Å²) in [5.41, 5.74) is 3.34. The number of nitriles is 1. The van der Waals surface area contributed by atoms with Crippen LogP contribution in [0.1, 0.15) is 17.5 Å². The van der Waals surface area contributed by atoms with Gasteiger partial charge in [0.1, 0.15) is 17.3 Å². The first kappa shape index (κ1) is 19.2. The lowest BCUT2D eigenvalue weighted by Gasteiger charge is -2.56. The van der Waals surface area contributed by atoms with E-state index in [0.717, 1.165) is 35.2 Å². The molecule has 2 bridgehead atoms. The van der Waals surface area contributed by atoms with E-state index >= 15 is 0 Å². The molecule has 3 saturated heterocycles. The average molecular weight is 444 g/mol. The number of piperidine rings is 1. The van der Waals surface area contributed by atoms with Crippen LogP contribution in [0.5, 0.6) is 5.88 Å². The standard InChI is InChI=1S/C23H21N7OS/c1-31-21-6-5-15(10-25-21)12-29-16-8-17(29)14-28(13-16)23-26-11-20(32-23)22-18(9-24)19-4-2-3-7-30(19)27-22/h2-7,10-11,16-17H,8,12-14H2,1H3. The fourth-order valence-electron chi connectivity index (χ4n) is 4.74. The highest BCUT2D eigenvalue weighted by atomic mass is 32.1. The van der Waals surface area contributed by atoms with E-state index in [9.17, 15) is 5.26 Å². The largest absolute Gasteiger partial charge is 0.481 e. The summed E-state index contributed by atoms with van der Waals surface area (Å²) in [7, 11) is 1.64. The molecule has 0 radical (unpaired) electrons. The van der Waals surface area contributed by atoms with Crippen molar-refractivity contribution in [2.75, 3.05) is 25.1 Å².